The summed E-state index contributed by atoms with van der Waals surface area (Å²) in [6.45, 7) is 4.84. The summed E-state index contributed by atoms with van der Waals surface area (Å²) in [5, 5.41) is 10.9. The lowest BCUT2D eigenvalue weighted by Gasteiger charge is -2.24. The van der Waals surface area contributed by atoms with Crippen molar-refractivity contribution in [1.29, 1.82) is 0 Å². The van der Waals surface area contributed by atoms with Crippen molar-refractivity contribution in [2.45, 2.75) is 83.7 Å². The van der Waals surface area contributed by atoms with E-state index in [2.05, 4.69) is 20.8 Å². The molecule has 0 aliphatic heterocycles. The Labute approximate surface area is 224 Å². The normalized spacial score (nSPS) is 15.1. The first-order valence-corrected chi connectivity index (χ1v) is 13.2. The minimum absolute atomic E-state index is 0.0298. The van der Waals surface area contributed by atoms with E-state index in [-0.39, 0.29) is 35.4 Å². The van der Waals surface area contributed by atoms with Crippen LogP contribution in [-0.4, -0.2) is 37.4 Å². The van der Waals surface area contributed by atoms with Crippen molar-refractivity contribution in [2.24, 2.45) is 0 Å². The zero-order valence-electron chi connectivity index (χ0n) is 22.3. The van der Waals surface area contributed by atoms with Gasteiger partial charge in [-0.15, -0.1) is 0 Å². The van der Waals surface area contributed by atoms with E-state index in [9.17, 15) is 18.0 Å². The van der Waals surface area contributed by atoms with Gasteiger partial charge in [-0.25, -0.2) is 0 Å². The van der Waals surface area contributed by atoms with Crippen LogP contribution in [0.25, 0.3) is 22.4 Å². The lowest BCUT2D eigenvalue weighted by molar-refractivity contribution is -0.139. The van der Waals surface area contributed by atoms with Crippen molar-refractivity contribution >= 4 is 22.5 Å². The van der Waals surface area contributed by atoms with E-state index in [1.807, 2.05) is 37.6 Å². The van der Waals surface area contributed by atoms with Gasteiger partial charge in [0.15, 0.2) is 0 Å². The number of amides is 1. The molecule has 1 saturated carbocycles. The molecule has 0 radical (unpaired) electrons. The first-order chi connectivity index (χ1) is 18.5. The van der Waals surface area contributed by atoms with E-state index in [0.717, 1.165) is 31.4 Å². The number of anilines is 1. The highest BCUT2D eigenvalue weighted by Crippen LogP contribution is 2.35. The van der Waals surface area contributed by atoms with Gasteiger partial charge in [-0.3, -0.25) is 4.79 Å². The standard InChI is InChI=1S/C28H33F3N6O2/c1-27(2,3)36-13-12-18(16-36)26(38)32-15-24-34-25(35-39-24)23-14-20-21(33-19-8-5-4-6-9-19)10-7-11-22(20)37(23)17-28(29,30)31/h7,10-14,16,19,33H,4-6,8-9,15,17H2,1-3H3,(H,32,38). The van der Waals surface area contributed by atoms with Crippen LogP contribution in [0.1, 0.15) is 69.1 Å². The number of hydrogen-bond acceptors (Lipinski definition) is 5. The lowest BCUT2D eigenvalue weighted by atomic mass is 9.95. The molecule has 1 amide bonds. The number of benzene rings is 1. The summed E-state index contributed by atoms with van der Waals surface area (Å²) in [5.74, 6) is -0.192. The van der Waals surface area contributed by atoms with E-state index < -0.39 is 12.7 Å². The molecule has 1 aliphatic rings. The molecular formula is C28H33F3N6O2. The monoisotopic (exact) mass is 542 g/mol. The summed E-state index contributed by atoms with van der Waals surface area (Å²) < 4.78 is 49.3. The minimum atomic E-state index is -4.45. The molecule has 1 fully saturated rings. The number of hydrogen-bond donors (Lipinski definition) is 2. The summed E-state index contributed by atoms with van der Waals surface area (Å²) in [6.07, 6.45) is 4.69. The quantitative estimate of drug-likeness (QED) is 0.279. The van der Waals surface area contributed by atoms with E-state index in [1.165, 1.54) is 11.0 Å². The number of carbonyl (C=O) groups is 1. The summed E-state index contributed by atoms with van der Waals surface area (Å²) >= 11 is 0. The largest absolute Gasteiger partial charge is 0.406 e. The van der Waals surface area contributed by atoms with Crippen molar-refractivity contribution in [1.82, 2.24) is 24.6 Å². The van der Waals surface area contributed by atoms with Gasteiger partial charge < -0.3 is 24.3 Å². The lowest BCUT2D eigenvalue weighted by Crippen LogP contribution is -2.23. The maximum atomic E-state index is 13.6. The average Bonchev–Trinajstić information content (AvgIpc) is 3.62. The molecule has 0 atom stereocenters. The van der Waals surface area contributed by atoms with Gasteiger partial charge in [-0.2, -0.15) is 18.2 Å². The molecule has 11 heteroatoms. The Hall–Kier alpha value is -3.76. The summed E-state index contributed by atoms with van der Waals surface area (Å²) in [7, 11) is 0. The molecule has 1 aliphatic carbocycles. The van der Waals surface area contributed by atoms with Crippen LogP contribution in [0, 0.1) is 0 Å². The second kappa shape index (κ2) is 10.4. The van der Waals surface area contributed by atoms with E-state index in [0.29, 0.717) is 22.5 Å². The fourth-order valence-electron chi connectivity index (χ4n) is 5.05. The molecular weight excluding hydrogens is 509 g/mol. The summed E-state index contributed by atoms with van der Waals surface area (Å²) in [5.41, 5.74) is 1.74. The number of carbonyl (C=O) groups excluding carboxylic acids is 1. The highest BCUT2D eigenvalue weighted by molar-refractivity contribution is 5.96. The van der Waals surface area contributed by atoms with Crippen molar-refractivity contribution in [3.63, 3.8) is 0 Å². The maximum absolute atomic E-state index is 13.6. The first kappa shape index (κ1) is 26.8. The maximum Gasteiger partial charge on any atom is 0.406 e. The first-order valence-electron chi connectivity index (χ1n) is 13.2. The molecule has 2 N–H and O–H groups in total. The van der Waals surface area contributed by atoms with Gasteiger partial charge >= 0.3 is 6.18 Å². The Morgan fingerprint density at radius 3 is 2.59 bits per heavy atom. The van der Waals surface area contributed by atoms with Crippen molar-refractivity contribution in [3.05, 3.63) is 54.2 Å². The minimum Gasteiger partial charge on any atom is -0.382 e. The topological polar surface area (TPSA) is 89.9 Å². The molecule has 5 rings (SSSR count). The molecule has 0 bridgehead atoms. The molecule has 0 spiro atoms. The molecule has 0 saturated heterocycles. The molecule has 3 heterocycles. The van der Waals surface area contributed by atoms with E-state index >= 15 is 0 Å². The molecule has 0 unspecified atom stereocenters. The number of aromatic nitrogens is 4. The number of alkyl halides is 3. The third kappa shape index (κ3) is 6.12. The zero-order chi connectivity index (χ0) is 27.8. The van der Waals surface area contributed by atoms with Gasteiger partial charge in [0.1, 0.15) is 6.54 Å². The number of nitrogens with zero attached hydrogens (tertiary/aromatic N) is 4. The summed E-state index contributed by atoms with van der Waals surface area (Å²) in [4.78, 5) is 16.9. The van der Waals surface area contributed by atoms with Crippen molar-refractivity contribution in [2.75, 3.05) is 5.32 Å². The number of nitrogens with one attached hydrogen (secondary N) is 2. The van der Waals surface area contributed by atoms with Gasteiger partial charge in [0.2, 0.25) is 11.7 Å². The van der Waals surface area contributed by atoms with Crippen LogP contribution in [-0.2, 0) is 18.6 Å². The Kier molecular flexibility index (Phi) is 7.17. The van der Waals surface area contributed by atoms with Gasteiger partial charge in [0, 0.05) is 35.0 Å². The highest BCUT2D eigenvalue weighted by Gasteiger charge is 2.31. The van der Waals surface area contributed by atoms with Crippen LogP contribution in [0.4, 0.5) is 18.9 Å². The Morgan fingerprint density at radius 1 is 1.13 bits per heavy atom. The van der Waals surface area contributed by atoms with Crippen LogP contribution >= 0.6 is 0 Å². The van der Waals surface area contributed by atoms with Crippen LogP contribution in [0.5, 0.6) is 0 Å². The third-order valence-corrected chi connectivity index (χ3v) is 7.07. The molecule has 4 aromatic rings. The second-order valence-electron chi connectivity index (χ2n) is 11.1. The molecule has 208 valence electrons. The Balaban J connectivity index is 1.39. The van der Waals surface area contributed by atoms with Gasteiger partial charge in [-0.05, 0) is 57.9 Å². The van der Waals surface area contributed by atoms with E-state index in [4.69, 9.17) is 4.52 Å². The Morgan fingerprint density at radius 2 is 1.90 bits per heavy atom. The molecule has 1 aromatic carbocycles. The number of halogens is 3. The van der Waals surface area contributed by atoms with Gasteiger partial charge in [0.05, 0.1) is 23.3 Å². The predicted octanol–water partition coefficient (Wildman–Crippen LogP) is 6.48. The summed E-state index contributed by atoms with van der Waals surface area (Å²) in [6, 6.07) is 9.00. The Bertz CT molecular complexity index is 1450. The van der Waals surface area contributed by atoms with Gasteiger partial charge in [0.25, 0.3) is 5.91 Å². The predicted molar refractivity (Wildman–Crippen MR) is 142 cm³/mol. The SMILES string of the molecule is CC(C)(C)n1ccc(C(=O)NCc2nc(-c3cc4c(NC5CCCCC5)cccc4n3CC(F)(F)F)no2)c1. The van der Waals surface area contributed by atoms with Gasteiger partial charge in [-0.1, -0.05) is 30.5 Å². The number of fused-ring (bicyclic) bond motifs is 1. The number of rotatable bonds is 7. The molecule has 3 aromatic heterocycles. The van der Waals surface area contributed by atoms with Crippen LogP contribution in [0.3, 0.4) is 0 Å². The van der Waals surface area contributed by atoms with E-state index in [1.54, 1.807) is 30.5 Å². The van der Waals surface area contributed by atoms with Crippen molar-refractivity contribution in [3.8, 4) is 11.5 Å². The van der Waals surface area contributed by atoms with Crippen LogP contribution in [0.15, 0.2) is 47.2 Å². The van der Waals surface area contributed by atoms with Crippen LogP contribution < -0.4 is 10.6 Å². The fraction of sp³-hybridized carbons (Fsp3) is 0.464. The fourth-order valence-corrected chi connectivity index (χ4v) is 5.05. The van der Waals surface area contributed by atoms with Crippen LogP contribution in [0.2, 0.25) is 0 Å². The zero-order valence-corrected chi connectivity index (χ0v) is 22.3. The van der Waals surface area contributed by atoms with Crippen molar-refractivity contribution < 1.29 is 22.5 Å². The third-order valence-electron chi connectivity index (χ3n) is 7.07. The molecule has 39 heavy (non-hydrogen) atoms. The molecule has 8 nitrogen and oxygen atoms in total. The smallest absolute Gasteiger partial charge is 0.382 e. The highest BCUT2D eigenvalue weighted by atomic mass is 19.4. The second-order valence-corrected chi connectivity index (χ2v) is 11.1. The average molecular weight is 543 g/mol.